The standard InChI is InChI=1S/C12H27N2O/c1-6-7-8-9-10-11-15-12(13(2)3)14(4)5/h6-11H2,1-5H3/q+1. The summed E-state index contributed by atoms with van der Waals surface area (Å²) in [4.78, 5) is 2.01. The first-order valence-electron chi connectivity index (χ1n) is 5.94. The van der Waals surface area contributed by atoms with Gasteiger partial charge in [-0.2, -0.15) is 0 Å². The summed E-state index contributed by atoms with van der Waals surface area (Å²) in [5.41, 5.74) is 0. The van der Waals surface area contributed by atoms with Gasteiger partial charge in [0.1, 0.15) is 0 Å². The van der Waals surface area contributed by atoms with E-state index in [0.29, 0.717) is 0 Å². The molecule has 0 amide bonds. The highest BCUT2D eigenvalue weighted by molar-refractivity contribution is 5.67. The second kappa shape index (κ2) is 8.57. The molecular formula is C12H27N2O+. The zero-order valence-corrected chi connectivity index (χ0v) is 11.0. The normalized spacial score (nSPS) is 9.93. The minimum atomic E-state index is 0.829. The number of nitrogens with zero attached hydrogens (tertiary/aromatic N) is 2. The predicted octanol–water partition coefficient (Wildman–Crippen LogP) is 2.16. The van der Waals surface area contributed by atoms with Crippen molar-refractivity contribution in [1.82, 2.24) is 4.90 Å². The Morgan fingerprint density at radius 2 is 1.67 bits per heavy atom. The Balaban J connectivity index is 3.61. The molecule has 0 aliphatic rings. The molecule has 0 saturated heterocycles. The Morgan fingerprint density at radius 3 is 2.13 bits per heavy atom. The van der Waals surface area contributed by atoms with Gasteiger partial charge >= 0.3 is 6.02 Å². The van der Waals surface area contributed by atoms with Crippen molar-refractivity contribution < 1.29 is 9.31 Å². The average Bonchev–Trinajstić information content (AvgIpc) is 2.15. The van der Waals surface area contributed by atoms with Crippen molar-refractivity contribution in [2.75, 3.05) is 34.8 Å². The van der Waals surface area contributed by atoms with Gasteiger partial charge in [0.15, 0.2) is 0 Å². The van der Waals surface area contributed by atoms with E-state index in [4.69, 9.17) is 4.74 Å². The van der Waals surface area contributed by atoms with Gasteiger partial charge in [-0.3, -0.25) is 0 Å². The number of unbranched alkanes of at least 4 members (excludes halogenated alkanes) is 4. The van der Waals surface area contributed by atoms with E-state index in [2.05, 4.69) is 6.92 Å². The summed E-state index contributed by atoms with van der Waals surface area (Å²) in [5.74, 6) is 0. The van der Waals surface area contributed by atoms with Gasteiger partial charge in [-0.25, -0.2) is 9.48 Å². The Bertz CT molecular complexity index is 184. The number of rotatable bonds is 6. The summed E-state index contributed by atoms with van der Waals surface area (Å²) in [6.07, 6.45) is 6.41. The molecular weight excluding hydrogens is 188 g/mol. The molecule has 0 radical (unpaired) electrons. The predicted molar refractivity (Wildman–Crippen MR) is 65.5 cm³/mol. The van der Waals surface area contributed by atoms with Crippen molar-refractivity contribution in [3.8, 4) is 0 Å². The van der Waals surface area contributed by atoms with Gasteiger partial charge in [0, 0.05) is 0 Å². The van der Waals surface area contributed by atoms with Crippen LogP contribution in [0.1, 0.15) is 39.0 Å². The van der Waals surface area contributed by atoms with Crippen molar-refractivity contribution in [1.29, 1.82) is 0 Å². The fraction of sp³-hybridized carbons (Fsp3) is 0.917. The van der Waals surface area contributed by atoms with Crippen molar-refractivity contribution >= 4 is 6.02 Å². The van der Waals surface area contributed by atoms with E-state index in [1.165, 1.54) is 25.7 Å². The van der Waals surface area contributed by atoms with Gasteiger partial charge in [0.05, 0.1) is 34.8 Å². The van der Waals surface area contributed by atoms with Crippen molar-refractivity contribution in [2.24, 2.45) is 0 Å². The fourth-order valence-electron chi connectivity index (χ4n) is 1.53. The molecule has 0 heterocycles. The molecule has 0 bridgehead atoms. The molecule has 0 spiro atoms. The second-order valence-corrected chi connectivity index (χ2v) is 4.33. The lowest BCUT2D eigenvalue weighted by Crippen LogP contribution is -2.32. The molecule has 0 aromatic rings. The highest BCUT2D eigenvalue weighted by Crippen LogP contribution is 2.02. The van der Waals surface area contributed by atoms with E-state index in [1.807, 2.05) is 37.7 Å². The first-order valence-corrected chi connectivity index (χ1v) is 5.94. The van der Waals surface area contributed by atoms with Crippen LogP contribution < -0.4 is 0 Å². The maximum Gasteiger partial charge on any atom is 0.445 e. The summed E-state index contributed by atoms with van der Waals surface area (Å²) < 4.78 is 7.72. The van der Waals surface area contributed by atoms with Crippen LogP contribution >= 0.6 is 0 Å². The van der Waals surface area contributed by atoms with E-state index < -0.39 is 0 Å². The van der Waals surface area contributed by atoms with Gasteiger partial charge in [-0.05, 0) is 6.42 Å². The van der Waals surface area contributed by atoms with Crippen LogP contribution in [-0.2, 0) is 4.74 Å². The fourth-order valence-corrected chi connectivity index (χ4v) is 1.53. The monoisotopic (exact) mass is 215 g/mol. The summed E-state index contributed by atoms with van der Waals surface area (Å²) in [7, 11) is 8.03. The SMILES string of the molecule is CCCCCCCOC(N(C)C)=[N+](C)C. The van der Waals surface area contributed by atoms with Gasteiger partial charge < -0.3 is 4.74 Å². The van der Waals surface area contributed by atoms with Gasteiger partial charge in [-0.1, -0.05) is 32.6 Å². The van der Waals surface area contributed by atoms with Crippen LogP contribution in [0.25, 0.3) is 0 Å². The molecule has 90 valence electrons. The number of hydrogen-bond donors (Lipinski definition) is 0. The third-order valence-corrected chi connectivity index (χ3v) is 2.24. The maximum atomic E-state index is 5.71. The Hall–Kier alpha value is -0.730. The summed E-state index contributed by atoms with van der Waals surface area (Å²) >= 11 is 0. The molecule has 0 aromatic carbocycles. The number of ether oxygens (including phenoxy) is 1. The molecule has 3 heteroatoms. The van der Waals surface area contributed by atoms with Crippen LogP contribution in [0, 0.1) is 0 Å². The molecule has 15 heavy (non-hydrogen) atoms. The molecule has 0 aliphatic heterocycles. The van der Waals surface area contributed by atoms with E-state index in [9.17, 15) is 0 Å². The Morgan fingerprint density at radius 1 is 1.07 bits per heavy atom. The van der Waals surface area contributed by atoms with E-state index in [-0.39, 0.29) is 0 Å². The van der Waals surface area contributed by atoms with Crippen LogP contribution in [0.5, 0.6) is 0 Å². The maximum absolute atomic E-state index is 5.71. The largest absolute Gasteiger partial charge is 0.445 e. The van der Waals surface area contributed by atoms with E-state index in [0.717, 1.165) is 19.0 Å². The molecule has 0 saturated carbocycles. The van der Waals surface area contributed by atoms with Gasteiger partial charge in [0.25, 0.3) is 0 Å². The van der Waals surface area contributed by atoms with Crippen LogP contribution in [0.2, 0.25) is 0 Å². The smallest absolute Gasteiger partial charge is 0.432 e. The molecule has 3 nitrogen and oxygen atoms in total. The average molecular weight is 215 g/mol. The number of amidine groups is 1. The molecule has 0 aliphatic carbocycles. The second-order valence-electron chi connectivity index (χ2n) is 4.33. The van der Waals surface area contributed by atoms with E-state index >= 15 is 0 Å². The third-order valence-electron chi connectivity index (χ3n) is 2.24. The molecule has 0 aromatic heterocycles. The first kappa shape index (κ1) is 14.3. The Kier molecular flexibility index (Phi) is 8.15. The molecule has 0 unspecified atom stereocenters. The van der Waals surface area contributed by atoms with Crippen LogP contribution in [0.4, 0.5) is 0 Å². The summed E-state index contributed by atoms with van der Waals surface area (Å²) in [5, 5.41) is 0. The van der Waals surface area contributed by atoms with Crippen LogP contribution in [0.15, 0.2) is 0 Å². The van der Waals surface area contributed by atoms with E-state index in [1.54, 1.807) is 0 Å². The van der Waals surface area contributed by atoms with Crippen molar-refractivity contribution in [3.05, 3.63) is 0 Å². The molecule has 0 fully saturated rings. The zero-order valence-electron chi connectivity index (χ0n) is 11.0. The van der Waals surface area contributed by atoms with Crippen LogP contribution in [0.3, 0.4) is 0 Å². The summed E-state index contributed by atoms with van der Waals surface area (Å²) in [6, 6.07) is 0.936. The topological polar surface area (TPSA) is 15.5 Å². The van der Waals surface area contributed by atoms with Crippen LogP contribution in [-0.4, -0.2) is 50.3 Å². The minimum Gasteiger partial charge on any atom is -0.432 e. The third kappa shape index (κ3) is 7.23. The molecule has 0 rings (SSSR count). The first-order chi connectivity index (χ1) is 7.09. The lowest BCUT2D eigenvalue weighted by Gasteiger charge is -2.11. The van der Waals surface area contributed by atoms with Gasteiger partial charge in [-0.15, -0.1) is 0 Å². The Labute approximate surface area is 94.7 Å². The highest BCUT2D eigenvalue weighted by atomic mass is 16.5. The van der Waals surface area contributed by atoms with Crippen molar-refractivity contribution in [2.45, 2.75) is 39.0 Å². The highest BCUT2D eigenvalue weighted by Gasteiger charge is 2.12. The minimum absolute atomic E-state index is 0.829. The van der Waals surface area contributed by atoms with Gasteiger partial charge in [0.2, 0.25) is 0 Å². The quantitative estimate of drug-likeness (QED) is 0.292. The van der Waals surface area contributed by atoms with Crippen molar-refractivity contribution in [3.63, 3.8) is 0 Å². The molecule has 0 atom stereocenters. The molecule has 0 N–H and O–H groups in total. The number of hydrogen-bond acceptors (Lipinski definition) is 1. The lowest BCUT2D eigenvalue weighted by molar-refractivity contribution is -0.480. The zero-order chi connectivity index (χ0) is 11.7. The summed E-state index contributed by atoms with van der Waals surface area (Å²) in [6.45, 7) is 3.07. The lowest BCUT2D eigenvalue weighted by atomic mass is 10.2.